The first kappa shape index (κ1) is 7.46. The molecule has 0 N–H and O–H groups in total. The lowest BCUT2D eigenvalue weighted by Gasteiger charge is -1.97. The second-order valence-corrected chi connectivity index (χ2v) is 3.95. The highest BCUT2D eigenvalue weighted by Crippen LogP contribution is 2.39. The minimum absolute atomic E-state index is 0.324. The average molecular weight is 263 g/mol. The van der Waals surface area contributed by atoms with E-state index >= 15 is 0 Å². The summed E-state index contributed by atoms with van der Waals surface area (Å²) in [6.07, 6.45) is 2.35. The molecule has 3 heteroatoms. The number of aromatic nitrogens is 1. The molecular weight excluding hydrogens is 256 g/mol. The summed E-state index contributed by atoms with van der Waals surface area (Å²) in [5.41, 5.74) is 0.919. The van der Waals surface area contributed by atoms with Crippen molar-refractivity contribution in [2.45, 2.75) is 18.8 Å². The summed E-state index contributed by atoms with van der Waals surface area (Å²) >= 11 is 1.95. The Balaban J connectivity index is 2.36. The molecular formula is C8H7FIN. The van der Waals surface area contributed by atoms with Gasteiger partial charge in [-0.25, -0.2) is 4.98 Å². The smallest absolute Gasteiger partial charge is 0.224 e. The molecule has 1 saturated carbocycles. The molecule has 0 amide bonds. The van der Waals surface area contributed by atoms with Crippen LogP contribution in [0.4, 0.5) is 4.39 Å². The van der Waals surface area contributed by atoms with E-state index in [2.05, 4.69) is 4.98 Å². The van der Waals surface area contributed by atoms with Crippen LogP contribution in [-0.4, -0.2) is 4.98 Å². The molecule has 0 atom stereocenters. The van der Waals surface area contributed by atoms with Crippen LogP contribution >= 0.6 is 22.6 Å². The molecule has 2 rings (SSSR count). The third kappa shape index (κ3) is 1.52. The Hall–Kier alpha value is -0.190. The number of hydrogen-bond donors (Lipinski definition) is 0. The highest BCUT2D eigenvalue weighted by atomic mass is 127. The maximum atomic E-state index is 12.8. The maximum absolute atomic E-state index is 12.8. The molecule has 0 aliphatic heterocycles. The van der Waals surface area contributed by atoms with Crippen LogP contribution in [0.15, 0.2) is 12.1 Å². The zero-order valence-corrected chi connectivity index (χ0v) is 8.01. The van der Waals surface area contributed by atoms with E-state index in [1.165, 1.54) is 12.8 Å². The molecule has 1 aromatic rings. The van der Waals surface area contributed by atoms with E-state index in [4.69, 9.17) is 0 Å². The Kier molecular flexibility index (Phi) is 1.83. The van der Waals surface area contributed by atoms with Gasteiger partial charge in [0.25, 0.3) is 0 Å². The first-order valence-electron chi connectivity index (χ1n) is 3.59. The summed E-state index contributed by atoms with van der Waals surface area (Å²) in [4.78, 5) is 3.86. The summed E-state index contributed by atoms with van der Waals surface area (Å²) < 4.78 is 13.5. The van der Waals surface area contributed by atoms with Gasteiger partial charge in [0.2, 0.25) is 5.95 Å². The van der Waals surface area contributed by atoms with E-state index in [1.807, 2.05) is 28.7 Å². The van der Waals surface area contributed by atoms with Gasteiger partial charge in [0.1, 0.15) is 0 Å². The molecule has 0 aromatic carbocycles. The SMILES string of the molecule is Fc1nc(C2CC2)ccc1I. The average Bonchev–Trinajstić information content (AvgIpc) is 2.77. The van der Waals surface area contributed by atoms with Gasteiger partial charge in [-0.3, -0.25) is 0 Å². The molecule has 1 fully saturated rings. The van der Waals surface area contributed by atoms with E-state index < -0.39 is 0 Å². The lowest BCUT2D eigenvalue weighted by molar-refractivity contribution is 0.569. The Morgan fingerprint density at radius 3 is 2.73 bits per heavy atom. The Labute approximate surface area is 78.2 Å². The monoisotopic (exact) mass is 263 g/mol. The van der Waals surface area contributed by atoms with Crippen LogP contribution in [0.25, 0.3) is 0 Å². The first-order valence-corrected chi connectivity index (χ1v) is 4.67. The molecule has 1 aliphatic carbocycles. The molecule has 1 aromatic heterocycles. The third-order valence-electron chi connectivity index (χ3n) is 1.82. The predicted octanol–water partition coefficient (Wildman–Crippen LogP) is 2.70. The van der Waals surface area contributed by atoms with Gasteiger partial charge in [-0.1, -0.05) is 0 Å². The van der Waals surface area contributed by atoms with Gasteiger partial charge in [-0.2, -0.15) is 4.39 Å². The Morgan fingerprint density at radius 1 is 1.45 bits per heavy atom. The first-order chi connectivity index (χ1) is 5.27. The van der Waals surface area contributed by atoms with Crippen LogP contribution in [0, 0.1) is 9.52 Å². The molecule has 1 nitrogen and oxygen atoms in total. The number of halogens is 2. The van der Waals surface area contributed by atoms with Crippen molar-refractivity contribution in [3.05, 3.63) is 27.3 Å². The van der Waals surface area contributed by atoms with E-state index in [9.17, 15) is 4.39 Å². The van der Waals surface area contributed by atoms with Crippen molar-refractivity contribution < 1.29 is 4.39 Å². The maximum Gasteiger partial charge on any atom is 0.226 e. The van der Waals surface area contributed by atoms with Crippen LogP contribution in [-0.2, 0) is 0 Å². The second kappa shape index (κ2) is 2.69. The van der Waals surface area contributed by atoms with Crippen LogP contribution in [0.5, 0.6) is 0 Å². The fraction of sp³-hybridized carbons (Fsp3) is 0.375. The van der Waals surface area contributed by atoms with Crippen molar-refractivity contribution in [1.29, 1.82) is 0 Å². The van der Waals surface area contributed by atoms with E-state index in [0.717, 1.165) is 5.69 Å². The van der Waals surface area contributed by atoms with Gasteiger partial charge < -0.3 is 0 Å². The number of nitrogens with zero attached hydrogens (tertiary/aromatic N) is 1. The lowest BCUT2D eigenvalue weighted by Crippen LogP contribution is -1.92. The van der Waals surface area contributed by atoms with Gasteiger partial charge >= 0.3 is 0 Å². The van der Waals surface area contributed by atoms with Crippen LogP contribution < -0.4 is 0 Å². The Bertz CT molecular complexity index is 283. The minimum atomic E-state index is -0.324. The number of hydrogen-bond acceptors (Lipinski definition) is 1. The van der Waals surface area contributed by atoms with Crippen molar-refractivity contribution in [2.24, 2.45) is 0 Å². The molecule has 1 heterocycles. The lowest BCUT2D eigenvalue weighted by atomic mass is 10.2. The highest BCUT2D eigenvalue weighted by molar-refractivity contribution is 14.1. The molecule has 0 bridgehead atoms. The fourth-order valence-corrected chi connectivity index (χ4v) is 1.34. The predicted molar refractivity (Wildman–Crippen MR) is 48.9 cm³/mol. The highest BCUT2D eigenvalue weighted by Gasteiger charge is 2.25. The van der Waals surface area contributed by atoms with Crippen molar-refractivity contribution in [1.82, 2.24) is 4.98 Å². The standard InChI is InChI=1S/C8H7FIN/c9-8-6(10)3-4-7(11-8)5-1-2-5/h3-5H,1-2H2. The number of rotatable bonds is 1. The molecule has 0 spiro atoms. The summed E-state index contributed by atoms with van der Waals surface area (Å²) in [5.74, 6) is 0.219. The molecule has 0 unspecified atom stereocenters. The third-order valence-corrected chi connectivity index (χ3v) is 2.63. The van der Waals surface area contributed by atoms with Crippen molar-refractivity contribution >= 4 is 22.6 Å². The van der Waals surface area contributed by atoms with Crippen LogP contribution in [0.1, 0.15) is 24.5 Å². The molecule has 11 heavy (non-hydrogen) atoms. The fourth-order valence-electron chi connectivity index (χ4n) is 1.04. The number of pyridine rings is 1. The van der Waals surface area contributed by atoms with Gasteiger partial charge in [0.15, 0.2) is 0 Å². The van der Waals surface area contributed by atoms with E-state index in [1.54, 1.807) is 6.07 Å². The van der Waals surface area contributed by atoms with Gasteiger partial charge in [-0.15, -0.1) is 0 Å². The normalized spacial score (nSPS) is 16.9. The van der Waals surface area contributed by atoms with E-state index in [-0.39, 0.29) is 5.95 Å². The van der Waals surface area contributed by atoms with Gasteiger partial charge in [0, 0.05) is 11.6 Å². The zero-order valence-electron chi connectivity index (χ0n) is 5.85. The van der Waals surface area contributed by atoms with Gasteiger partial charge in [0.05, 0.1) is 3.57 Å². The van der Waals surface area contributed by atoms with Crippen molar-refractivity contribution in [3.63, 3.8) is 0 Å². The molecule has 0 radical (unpaired) electrons. The van der Waals surface area contributed by atoms with Crippen LogP contribution in [0.3, 0.4) is 0 Å². The summed E-state index contributed by atoms with van der Waals surface area (Å²) in [6, 6.07) is 3.71. The van der Waals surface area contributed by atoms with E-state index in [0.29, 0.717) is 9.49 Å². The molecule has 1 aliphatic rings. The van der Waals surface area contributed by atoms with Crippen molar-refractivity contribution in [2.75, 3.05) is 0 Å². The largest absolute Gasteiger partial charge is 0.226 e. The Morgan fingerprint density at radius 2 is 2.18 bits per heavy atom. The summed E-state index contributed by atoms with van der Waals surface area (Å²) in [6.45, 7) is 0. The molecule has 0 saturated heterocycles. The van der Waals surface area contributed by atoms with Crippen molar-refractivity contribution in [3.8, 4) is 0 Å². The quantitative estimate of drug-likeness (QED) is 0.560. The second-order valence-electron chi connectivity index (χ2n) is 2.78. The zero-order chi connectivity index (χ0) is 7.84. The van der Waals surface area contributed by atoms with Gasteiger partial charge in [-0.05, 0) is 47.6 Å². The topological polar surface area (TPSA) is 12.9 Å². The van der Waals surface area contributed by atoms with Crippen LogP contribution in [0.2, 0.25) is 0 Å². The summed E-state index contributed by atoms with van der Waals surface area (Å²) in [7, 11) is 0. The minimum Gasteiger partial charge on any atom is -0.224 e. The summed E-state index contributed by atoms with van der Waals surface area (Å²) in [5, 5.41) is 0. The molecule has 58 valence electrons.